The number of carbonyl (C=O) groups excluding carboxylic acids is 1. The predicted molar refractivity (Wildman–Crippen MR) is 69.9 cm³/mol. The van der Waals surface area contributed by atoms with Crippen molar-refractivity contribution in [1.82, 2.24) is 9.47 Å². The number of amides is 1. The van der Waals surface area contributed by atoms with Gasteiger partial charge in [0.1, 0.15) is 4.99 Å². The summed E-state index contributed by atoms with van der Waals surface area (Å²) in [6.45, 7) is 0.326. The van der Waals surface area contributed by atoms with Crippen LogP contribution in [0.25, 0.3) is 0 Å². The van der Waals surface area contributed by atoms with Crippen LogP contribution >= 0.6 is 12.2 Å². The Bertz CT molecular complexity index is 494. The molecule has 1 rings (SSSR count). The highest BCUT2D eigenvalue weighted by Gasteiger charge is 2.08. The molecule has 1 heterocycles. The van der Waals surface area contributed by atoms with E-state index < -0.39 is 0 Å². The van der Waals surface area contributed by atoms with Crippen molar-refractivity contribution in [3.05, 3.63) is 34.2 Å². The Kier molecular flexibility index (Phi) is 4.39. The van der Waals surface area contributed by atoms with Gasteiger partial charge in [-0.2, -0.15) is 0 Å². The van der Waals surface area contributed by atoms with Crippen LogP contribution in [0.4, 0.5) is 0 Å². The van der Waals surface area contributed by atoms with Crippen molar-refractivity contribution < 1.29 is 4.79 Å². The Hall–Kier alpha value is -1.69. The topological polar surface area (TPSA) is 68.3 Å². The molecule has 0 saturated heterocycles. The first-order valence-corrected chi connectivity index (χ1v) is 5.53. The van der Waals surface area contributed by atoms with E-state index in [1.54, 1.807) is 32.4 Å². The van der Waals surface area contributed by atoms with E-state index in [4.69, 9.17) is 18.0 Å². The molecule has 1 aromatic rings. The number of aromatic nitrogens is 1. The standard InChI is InChI=1S/C11H15N3O2S/c1-13(2)9(15)5-7-14-6-3-4-8(10(12)17)11(14)16/h3-4,6H,5,7H2,1-2H3,(H2,12,17). The van der Waals surface area contributed by atoms with E-state index in [2.05, 4.69) is 0 Å². The van der Waals surface area contributed by atoms with Crippen molar-refractivity contribution in [1.29, 1.82) is 0 Å². The molecule has 0 atom stereocenters. The molecule has 0 aliphatic carbocycles. The number of hydrogen-bond acceptors (Lipinski definition) is 3. The van der Waals surface area contributed by atoms with Gasteiger partial charge in [0.25, 0.3) is 5.56 Å². The van der Waals surface area contributed by atoms with E-state index in [1.165, 1.54) is 9.47 Å². The minimum Gasteiger partial charge on any atom is -0.389 e. The number of pyridine rings is 1. The van der Waals surface area contributed by atoms with Crippen LogP contribution in [0.3, 0.4) is 0 Å². The molecule has 1 aromatic heterocycles. The predicted octanol–water partition coefficient (Wildman–Crippen LogP) is -0.0392. The molecule has 0 saturated carbocycles. The molecule has 6 heteroatoms. The third-order valence-corrected chi connectivity index (χ3v) is 2.57. The van der Waals surface area contributed by atoms with Crippen molar-refractivity contribution in [3.63, 3.8) is 0 Å². The Morgan fingerprint density at radius 2 is 2.18 bits per heavy atom. The summed E-state index contributed by atoms with van der Waals surface area (Å²) >= 11 is 4.78. The van der Waals surface area contributed by atoms with E-state index in [-0.39, 0.29) is 22.9 Å². The monoisotopic (exact) mass is 253 g/mol. The second-order valence-corrected chi connectivity index (χ2v) is 4.26. The summed E-state index contributed by atoms with van der Waals surface area (Å²) in [4.78, 5) is 24.8. The van der Waals surface area contributed by atoms with E-state index in [1.807, 2.05) is 0 Å². The van der Waals surface area contributed by atoms with Gasteiger partial charge in [-0.3, -0.25) is 9.59 Å². The SMILES string of the molecule is CN(C)C(=O)CCn1cccc(C(N)=S)c1=O. The highest BCUT2D eigenvalue weighted by atomic mass is 32.1. The molecule has 0 aliphatic heterocycles. The average molecular weight is 253 g/mol. The number of hydrogen-bond donors (Lipinski definition) is 1. The molecule has 0 bridgehead atoms. The van der Waals surface area contributed by atoms with Gasteiger partial charge in [-0.25, -0.2) is 0 Å². The lowest BCUT2D eigenvalue weighted by molar-refractivity contribution is -0.128. The van der Waals surface area contributed by atoms with Crippen molar-refractivity contribution in [2.24, 2.45) is 5.73 Å². The van der Waals surface area contributed by atoms with E-state index >= 15 is 0 Å². The zero-order valence-corrected chi connectivity index (χ0v) is 10.7. The van der Waals surface area contributed by atoms with Gasteiger partial charge < -0.3 is 15.2 Å². The van der Waals surface area contributed by atoms with Gasteiger partial charge in [-0.1, -0.05) is 12.2 Å². The second-order valence-electron chi connectivity index (χ2n) is 3.82. The molecule has 1 amide bonds. The van der Waals surface area contributed by atoms with Crippen molar-refractivity contribution in [2.75, 3.05) is 14.1 Å². The number of aryl methyl sites for hydroxylation is 1. The summed E-state index contributed by atoms with van der Waals surface area (Å²) in [5.74, 6) is -0.0300. The molecule has 0 aliphatic rings. The minimum absolute atomic E-state index is 0.0300. The smallest absolute Gasteiger partial charge is 0.260 e. The van der Waals surface area contributed by atoms with Crippen LogP contribution in [0.1, 0.15) is 12.0 Å². The number of rotatable bonds is 4. The van der Waals surface area contributed by atoms with E-state index in [9.17, 15) is 9.59 Å². The Morgan fingerprint density at radius 3 is 2.71 bits per heavy atom. The minimum atomic E-state index is -0.258. The van der Waals surface area contributed by atoms with Gasteiger partial charge in [-0.05, 0) is 12.1 Å². The Balaban J connectivity index is 2.86. The summed E-state index contributed by atoms with van der Waals surface area (Å²) in [5.41, 5.74) is 5.48. The fraction of sp³-hybridized carbons (Fsp3) is 0.364. The van der Waals surface area contributed by atoms with Gasteiger partial charge in [0, 0.05) is 33.3 Å². The molecular formula is C11H15N3O2S. The van der Waals surface area contributed by atoms with Crippen LogP contribution in [0, 0.1) is 0 Å². The summed E-state index contributed by atoms with van der Waals surface area (Å²) in [6.07, 6.45) is 1.89. The lowest BCUT2D eigenvalue weighted by Crippen LogP contribution is -2.30. The van der Waals surface area contributed by atoms with Crippen molar-refractivity contribution in [2.45, 2.75) is 13.0 Å². The van der Waals surface area contributed by atoms with Crippen LogP contribution in [-0.4, -0.2) is 34.5 Å². The first-order chi connectivity index (χ1) is 7.93. The fourth-order valence-electron chi connectivity index (χ4n) is 1.34. The maximum absolute atomic E-state index is 11.9. The number of nitrogens with zero attached hydrogens (tertiary/aromatic N) is 2. The van der Waals surface area contributed by atoms with Crippen LogP contribution in [0.5, 0.6) is 0 Å². The summed E-state index contributed by atoms with van der Waals surface area (Å²) in [5, 5.41) is 0. The maximum atomic E-state index is 11.9. The first-order valence-electron chi connectivity index (χ1n) is 5.13. The first kappa shape index (κ1) is 13.4. The molecule has 92 valence electrons. The van der Waals surface area contributed by atoms with Crippen LogP contribution in [0.15, 0.2) is 23.1 Å². The Labute approximate surface area is 105 Å². The molecule has 0 fully saturated rings. The highest BCUT2D eigenvalue weighted by molar-refractivity contribution is 7.80. The lowest BCUT2D eigenvalue weighted by Gasteiger charge is -2.11. The molecule has 5 nitrogen and oxygen atoms in total. The van der Waals surface area contributed by atoms with Gasteiger partial charge >= 0.3 is 0 Å². The second kappa shape index (κ2) is 5.58. The fourth-order valence-corrected chi connectivity index (χ4v) is 1.50. The third-order valence-electron chi connectivity index (χ3n) is 2.35. The van der Waals surface area contributed by atoms with Crippen molar-refractivity contribution >= 4 is 23.1 Å². The number of nitrogens with two attached hydrogens (primary N) is 1. The normalized spacial score (nSPS) is 10.0. The van der Waals surface area contributed by atoms with Crippen LogP contribution < -0.4 is 11.3 Å². The summed E-state index contributed by atoms with van der Waals surface area (Å²) in [6, 6.07) is 3.27. The molecule has 2 N–H and O–H groups in total. The van der Waals surface area contributed by atoms with Gasteiger partial charge in [0.05, 0.1) is 5.56 Å². The molecular weight excluding hydrogens is 238 g/mol. The van der Waals surface area contributed by atoms with E-state index in [0.29, 0.717) is 12.1 Å². The number of carbonyl (C=O) groups is 1. The van der Waals surface area contributed by atoms with Gasteiger partial charge in [0.2, 0.25) is 5.91 Å². The van der Waals surface area contributed by atoms with Gasteiger partial charge in [-0.15, -0.1) is 0 Å². The largest absolute Gasteiger partial charge is 0.389 e. The molecule has 0 aromatic carbocycles. The maximum Gasteiger partial charge on any atom is 0.260 e. The van der Waals surface area contributed by atoms with Crippen LogP contribution in [0.2, 0.25) is 0 Å². The summed E-state index contributed by atoms with van der Waals surface area (Å²) in [7, 11) is 3.35. The van der Waals surface area contributed by atoms with Crippen LogP contribution in [-0.2, 0) is 11.3 Å². The number of thiocarbonyl (C=S) groups is 1. The molecule has 0 radical (unpaired) electrons. The average Bonchev–Trinajstić information content (AvgIpc) is 2.26. The highest BCUT2D eigenvalue weighted by Crippen LogP contribution is 1.95. The zero-order chi connectivity index (χ0) is 13.0. The van der Waals surface area contributed by atoms with E-state index in [0.717, 1.165) is 0 Å². The quantitative estimate of drug-likeness (QED) is 0.765. The Morgan fingerprint density at radius 1 is 1.53 bits per heavy atom. The molecule has 0 spiro atoms. The van der Waals surface area contributed by atoms with Gasteiger partial charge in [0.15, 0.2) is 0 Å². The zero-order valence-electron chi connectivity index (χ0n) is 9.84. The third kappa shape index (κ3) is 3.39. The molecule has 17 heavy (non-hydrogen) atoms. The summed E-state index contributed by atoms with van der Waals surface area (Å²) < 4.78 is 1.44. The lowest BCUT2D eigenvalue weighted by atomic mass is 10.2. The van der Waals surface area contributed by atoms with Crippen molar-refractivity contribution in [3.8, 4) is 0 Å². The molecule has 0 unspecified atom stereocenters.